The molecule has 1 aliphatic rings. The summed E-state index contributed by atoms with van der Waals surface area (Å²) in [5.74, 6) is 0. The lowest BCUT2D eigenvalue weighted by molar-refractivity contribution is 0.305. The molecule has 0 saturated heterocycles. The van der Waals surface area contributed by atoms with Crippen LogP contribution in [-0.2, 0) is 10.8 Å². The van der Waals surface area contributed by atoms with E-state index in [1.165, 1.54) is 35.1 Å². The fourth-order valence-corrected chi connectivity index (χ4v) is 3.37. The molecule has 20 heavy (non-hydrogen) atoms. The fraction of sp³-hybridized carbons (Fsp3) is 0.579. The van der Waals surface area contributed by atoms with Crippen LogP contribution >= 0.6 is 0 Å². The summed E-state index contributed by atoms with van der Waals surface area (Å²) in [5, 5.41) is 9.15. The second-order valence-corrected chi connectivity index (χ2v) is 7.56. The SMILES string of the molecule is C=C(CCO)c1cc2c(cc1C)C(C)(C)CCC2(C)C. The lowest BCUT2D eigenvalue weighted by atomic mass is 9.62. The Balaban J connectivity index is 2.61. The summed E-state index contributed by atoms with van der Waals surface area (Å²) in [6, 6.07) is 4.69. The first-order valence-corrected chi connectivity index (χ1v) is 7.64. The van der Waals surface area contributed by atoms with Crippen LogP contribution in [0.2, 0.25) is 0 Å². The van der Waals surface area contributed by atoms with Crippen molar-refractivity contribution < 1.29 is 5.11 Å². The second kappa shape index (κ2) is 5.04. The Hall–Kier alpha value is -1.08. The van der Waals surface area contributed by atoms with E-state index in [-0.39, 0.29) is 17.4 Å². The molecular weight excluding hydrogens is 244 g/mol. The maximum absolute atomic E-state index is 9.15. The number of aryl methyl sites for hydroxylation is 1. The summed E-state index contributed by atoms with van der Waals surface area (Å²) in [4.78, 5) is 0. The van der Waals surface area contributed by atoms with Gasteiger partial charge in [-0.25, -0.2) is 0 Å². The van der Waals surface area contributed by atoms with E-state index in [9.17, 15) is 0 Å². The van der Waals surface area contributed by atoms with Crippen LogP contribution in [0, 0.1) is 6.92 Å². The lowest BCUT2D eigenvalue weighted by Crippen LogP contribution is -2.34. The van der Waals surface area contributed by atoms with Gasteiger partial charge in [-0.3, -0.25) is 0 Å². The first-order valence-electron chi connectivity index (χ1n) is 7.64. The molecule has 0 fully saturated rings. The quantitative estimate of drug-likeness (QED) is 0.842. The summed E-state index contributed by atoms with van der Waals surface area (Å²) in [7, 11) is 0. The molecule has 0 aliphatic heterocycles. The minimum absolute atomic E-state index is 0.171. The Morgan fingerprint density at radius 3 is 2.10 bits per heavy atom. The van der Waals surface area contributed by atoms with Gasteiger partial charge in [0.2, 0.25) is 0 Å². The van der Waals surface area contributed by atoms with Crippen LogP contribution in [0.25, 0.3) is 5.57 Å². The van der Waals surface area contributed by atoms with Gasteiger partial charge in [-0.2, -0.15) is 0 Å². The van der Waals surface area contributed by atoms with Crippen molar-refractivity contribution in [2.24, 2.45) is 0 Å². The minimum Gasteiger partial charge on any atom is -0.396 e. The zero-order valence-corrected chi connectivity index (χ0v) is 13.6. The predicted octanol–water partition coefficient (Wildman–Crippen LogP) is 4.74. The summed E-state index contributed by atoms with van der Waals surface area (Å²) in [6.45, 7) is 15.9. The number of hydrogen-bond acceptors (Lipinski definition) is 1. The van der Waals surface area contributed by atoms with Crippen molar-refractivity contribution in [1.82, 2.24) is 0 Å². The van der Waals surface area contributed by atoms with Gasteiger partial charge in [0.1, 0.15) is 0 Å². The largest absolute Gasteiger partial charge is 0.396 e. The molecule has 1 aliphatic carbocycles. The Bertz CT molecular complexity index is 535. The van der Waals surface area contributed by atoms with Gasteiger partial charge >= 0.3 is 0 Å². The van der Waals surface area contributed by atoms with Crippen LogP contribution in [0.4, 0.5) is 0 Å². The van der Waals surface area contributed by atoms with Crippen molar-refractivity contribution in [3.05, 3.63) is 41.0 Å². The number of rotatable bonds is 3. The summed E-state index contributed by atoms with van der Waals surface area (Å²) in [5.41, 5.74) is 7.00. The minimum atomic E-state index is 0.171. The molecule has 1 aromatic carbocycles. The van der Waals surface area contributed by atoms with Crippen molar-refractivity contribution in [3.63, 3.8) is 0 Å². The topological polar surface area (TPSA) is 20.2 Å². The van der Waals surface area contributed by atoms with E-state index >= 15 is 0 Å². The highest BCUT2D eigenvalue weighted by Gasteiger charge is 2.37. The molecule has 0 atom stereocenters. The molecule has 2 rings (SSSR count). The first-order chi connectivity index (χ1) is 9.19. The van der Waals surface area contributed by atoms with E-state index in [0.717, 1.165) is 5.57 Å². The van der Waals surface area contributed by atoms with Crippen LogP contribution in [0.3, 0.4) is 0 Å². The number of fused-ring (bicyclic) bond motifs is 1. The van der Waals surface area contributed by atoms with Crippen LogP contribution in [0.5, 0.6) is 0 Å². The molecule has 0 radical (unpaired) electrons. The van der Waals surface area contributed by atoms with Gasteiger partial charge in [-0.1, -0.05) is 46.4 Å². The first kappa shape index (κ1) is 15.3. The van der Waals surface area contributed by atoms with Crippen LogP contribution in [0.1, 0.15) is 69.2 Å². The summed E-state index contributed by atoms with van der Waals surface area (Å²) in [6.07, 6.45) is 3.12. The second-order valence-electron chi connectivity index (χ2n) is 7.56. The van der Waals surface area contributed by atoms with Gasteiger partial charge in [0.05, 0.1) is 0 Å². The third kappa shape index (κ3) is 2.56. The molecule has 1 aromatic rings. The monoisotopic (exact) mass is 272 g/mol. The zero-order chi connectivity index (χ0) is 15.1. The van der Waals surface area contributed by atoms with Crippen molar-refractivity contribution in [2.45, 2.75) is 64.7 Å². The highest BCUT2D eigenvalue weighted by Crippen LogP contribution is 2.47. The molecule has 1 nitrogen and oxygen atoms in total. The standard InChI is InChI=1S/C19H28O/c1-13(7-10-20)15-12-17-16(11-14(15)2)18(3,4)8-9-19(17,5)6/h11-12,20H,1,7-10H2,2-6H3. The smallest absolute Gasteiger partial charge is 0.0471 e. The van der Waals surface area contributed by atoms with Gasteiger partial charge in [0.25, 0.3) is 0 Å². The van der Waals surface area contributed by atoms with Crippen LogP contribution < -0.4 is 0 Å². The summed E-state index contributed by atoms with van der Waals surface area (Å²) >= 11 is 0. The molecule has 0 saturated carbocycles. The predicted molar refractivity (Wildman–Crippen MR) is 87.2 cm³/mol. The molecule has 0 heterocycles. The molecule has 1 heteroatoms. The van der Waals surface area contributed by atoms with Crippen molar-refractivity contribution >= 4 is 5.57 Å². The number of benzene rings is 1. The van der Waals surface area contributed by atoms with E-state index in [0.29, 0.717) is 6.42 Å². The molecule has 1 N–H and O–H groups in total. The molecule has 0 aromatic heterocycles. The van der Waals surface area contributed by atoms with Gasteiger partial charge in [0.15, 0.2) is 0 Å². The van der Waals surface area contributed by atoms with Crippen LogP contribution in [-0.4, -0.2) is 11.7 Å². The van der Waals surface area contributed by atoms with Gasteiger partial charge < -0.3 is 5.11 Å². The van der Waals surface area contributed by atoms with E-state index in [2.05, 4.69) is 53.3 Å². The van der Waals surface area contributed by atoms with E-state index in [4.69, 9.17) is 5.11 Å². The van der Waals surface area contributed by atoms with Gasteiger partial charge in [-0.15, -0.1) is 0 Å². The van der Waals surface area contributed by atoms with E-state index in [1.54, 1.807) is 0 Å². The van der Waals surface area contributed by atoms with Crippen molar-refractivity contribution in [1.29, 1.82) is 0 Å². The molecule has 110 valence electrons. The van der Waals surface area contributed by atoms with Crippen molar-refractivity contribution in [3.8, 4) is 0 Å². The number of aliphatic hydroxyl groups excluding tert-OH is 1. The highest BCUT2D eigenvalue weighted by atomic mass is 16.2. The van der Waals surface area contributed by atoms with Crippen LogP contribution in [0.15, 0.2) is 18.7 Å². The Labute approximate surface area is 123 Å². The fourth-order valence-electron chi connectivity index (χ4n) is 3.37. The van der Waals surface area contributed by atoms with Gasteiger partial charge in [0, 0.05) is 6.61 Å². The molecule has 0 unspecified atom stereocenters. The highest BCUT2D eigenvalue weighted by molar-refractivity contribution is 5.68. The summed E-state index contributed by atoms with van der Waals surface area (Å²) < 4.78 is 0. The lowest BCUT2D eigenvalue weighted by Gasteiger charge is -2.42. The van der Waals surface area contributed by atoms with E-state index < -0.39 is 0 Å². The Kier molecular flexibility index (Phi) is 3.85. The third-order valence-corrected chi connectivity index (χ3v) is 4.99. The normalized spacial score (nSPS) is 19.5. The molecular formula is C19H28O. The number of hydrogen-bond donors (Lipinski definition) is 1. The zero-order valence-electron chi connectivity index (χ0n) is 13.6. The molecule has 0 spiro atoms. The Morgan fingerprint density at radius 1 is 1.10 bits per heavy atom. The number of aliphatic hydroxyl groups is 1. The molecule has 0 amide bonds. The van der Waals surface area contributed by atoms with E-state index in [1.807, 2.05) is 0 Å². The average Bonchev–Trinajstić information content (AvgIpc) is 2.35. The maximum Gasteiger partial charge on any atom is 0.0471 e. The molecule has 0 bridgehead atoms. The third-order valence-electron chi connectivity index (χ3n) is 4.99. The van der Waals surface area contributed by atoms with Crippen molar-refractivity contribution in [2.75, 3.05) is 6.61 Å². The maximum atomic E-state index is 9.15. The van der Waals surface area contributed by atoms with Gasteiger partial charge in [-0.05, 0) is 64.8 Å². The Morgan fingerprint density at radius 2 is 1.60 bits per heavy atom. The average molecular weight is 272 g/mol.